The SMILES string of the molecule is O[C@@H](COc1ccc(Br)cc1)CN1CCN(c2ccc(F)cc2)CC1. The summed E-state index contributed by atoms with van der Waals surface area (Å²) >= 11 is 3.38. The highest BCUT2D eigenvalue weighted by atomic mass is 79.9. The number of hydrogen-bond donors (Lipinski definition) is 1. The Kier molecular flexibility index (Phi) is 6.29. The first kappa shape index (κ1) is 18.2. The minimum atomic E-state index is -0.527. The summed E-state index contributed by atoms with van der Waals surface area (Å²) in [4.78, 5) is 4.47. The average Bonchev–Trinajstić information content (AvgIpc) is 2.63. The molecule has 1 N–H and O–H groups in total. The van der Waals surface area contributed by atoms with Crippen molar-refractivity contribution in [2.45, 2.75) is 6.10 Å². The van der Waals surface area contributed by atoms with E-state index in [-0.39, 0.29) is 12.4 Å². The molecule has 1 saturated heterocycles. The smallest absolute Gasteiger partial charge is 0.123 e. The Balaban J connectivity index is 1.40. The van der Waals surface area contributed by atoms with E-state index in [0.717, 1.165) is 42.1 Å². The number of rotatable bonds is 6. The molecule has 0 bridgehead atoms. The molecule has 1 aliphatic rings. The Morgan fingerprint density at radius 3 is 2.28 bits per heavy atom. The largest absolute Gasteiger partial charge is 0.491 e. The van der Waals surface area contributed by atoms with E-state index in [1.54, 1.807) is 0 Å². The van der Waals surface area contributed by atoms with Crippen molar-refractivity contribution in [1.82, 2.24) is 4.90 Å². The molecular formula is C19H22BrFN2O2. The van der Waals surface area contributed by atoms with Crippen molar-refractivity contribution < 1.29 is 14.2 Å². The van der Waals surface area contributed by atoms with E-state index in [0.29, 0.717) is 6.54 Å². The maximum atomic E-state index is 13.0. The van der Waals surface area contributed by atoms with Crippen LogP contribution < -0.4 is 9.64 Å². The van der Waals surface area contributed by atoms with Gasteiger partial charge in [-0.1, -0.05) is 15.9 Å². The van der Waals surface area contributed by atoms with Crippen molar-refractivity contribution in [3.05, 3.63) is 58.8 Å². The van der Waals surface area contributed by atoms with E-state index >= 15 is 0 Å². The predicted molar refractivity (Wildman–Crippen MR) is 101 cm³/mol. The second-order valence-electron chi connectivity index (χ2n) is 6.18. The highest BCUT2D eigenvalue weighted by molar-refractivity contribution is 9.10. The normalized spacial score (nSPS) is 16.7. The van der Waals surface area contributed by atoms with E-state index in [4.69, 9.17) is 4.74 Å². The van der Waals surface area contributed by atoms with Crippen molar-refractivity contribution >= 4 is 21.6 Å². The molecule has 0 amide bonds. The van der Waals surface area contributed by atoms with Crippen LogP contribution in [-0.2, 0) is 0 Å². The first-order valence-corrected chi connectivity index (χ1v) is 9.19. The highest BCUT2D eigenvalue weighted by Gasteiger charge is 2.19. The van der Waals surface area contributed by atoms with Gasteiger partial charge in [-0.25, -0.2) is 4.39 Å². The third kappa shape index (κ3) is 5.42. The molecule has 0 aromatic heterocycles. The van der Waals surface area contributed by atoms with Crippen LogP contribution in [0.2, 0.25) is 0 Å². The lowest BCUT2D eigenvalue weighted by Crippen LogP contribution is -2.49. The lowest BCUT2D eigenvalue weighted by atomic mass is 10.2. The molecule has 1 fully saturated rings. The minimum Gasteiger partial charge on any atom is -0.491 e. The number of ether oxygens (including phenoxy) is 1. The molecule has 2 aromatic carbocycles. The maximum absolute atomic E-state index is 13.0. The van der Waals surface area contributed by atoms with Crippen molar-refractivity contribution in [2.75, 3.05) is 44.2 Å². The van der Waals surface area contributed by atoms with Crippen LogP contribution >= 0.6 is 15.9 Å². The number of nitrogens with zero attached hydrogens (tertiary/aromatic N) is 2. The number of hydrogen-bond acceptors (Lipinski definition) is 4. The highest BCUT2D eigenvalue weighted by Crippen LogP contribution is 2.18. The summed E-state index contributed by atoms with van der Waals surface area (Å²) in [5.41, 5.74) is 1.04. The van der Waals surface area contributed by atoms with Gasteiger partial charge in [0.05, 0.1) is 0 Å². The Labute approximate surface area is 155 Å². The molecule has 25 heavy (non-hydrogen) atoms. The number of β-amino-alcohol motifs (C(OH)–C–C–N with tert-alkyl or cyclic N) is 1. The van der Waals surface area contributed by atoms with Crippen molar-refractivity contribution in [3.63, 3.8) is 0 Å². The fourth-order valence-electron chi connectivity index (χ4n) is 2.91. The van der Waals surface area contributed by atoms with Crippen LogP contribution in [0.1, 0.15) is 0 Å². The lowest BCUT2D eigenvalue weighted by molar-refractivity contribution is 0.0663. The van der Waals surface area contributed by atoms with Gasteiger partial charge < -0.3 is 14.7 Å². The van der Waals surface area contributed by atoms with E-state index in [9.17, 15) is 9.50 Å². The summed E-state index contributed by atoms with van der Waals surface area (Å²) in [6, 6.07) is 14.2. The monoisotopic (exact) mass is 408 g/mol. The van der Waals surface area contributed by atoms with Crippen LogP contribution in [0.4, 0.5) is 10.1 Å². The zero-order valence-corrected chi connectivity index (χ0v) is 15.5. The zero-order chi connectivity index (χ0) is 17.6. The second kappa shape index (κ2) is 8.65. The van der Waals surface area contributed by atoms with E-state index in [1.807, 2.05) is 36.4 Å². The van der Waals surface area contributed by atoms with Crippen molar-refractivity contribution in [1.29, 1.82) is 0 Å². The summed E-state index contributed by atoms with van der Waals surface area (Å²) in [7, 11) is 0. The van der Waals surface area contributed by atoms with Gasteiger partial charge in [-0.2, -0.15) is 0 Å². The molecule has 1 atom stereocenters. The number of halogens is 2. The third-order valence-electron chi connectivity index (χ3n) is 4.29. The number of anilines is 1. The lowest BCUT2D eigenvalue weighted by Gasteiger charge is -2.36. The molecule has 2 aromatic rings. The second-order valence-corrected chi connectivity index (χ2v) is 7.10. The van der Waals surface area contributed by atoms with Gasteiger partial charge in [0.15, 0.2) is 0 Å². The van der Waals surface area contributed by atoms with Crippen molar-refractivity contribution in [2.24, 2.45) is 0 Å². The fourth-order valence-corrected chi connectivity index (χ4v) is 3.18. The molecule has 0 spiro atoms. The standard InChI is InChI=1S/C19H22BrFN2O2/c20-15-1-7-19(8-2-15)25-14-18(24)13-22-9-11-23(12-10-22)17-5-3-16(21)4-6-17/h1-8,18,24H,9-14H2/t18-/m1/s1. The first-order chi connectivity index (χ1) is 12.1. The number of aliphatic hydroxyl groups excluding tert-OH is 1. The van der Waals surface area contributed by atoms with Crippen molar-refractivity contribution in [3.8, 4) is 5.75 Å². The van der Waals surface area contributed by atoms with Gasteiger partial charge in [-0.05, 0) is 48.5 Å². The Bertz CT molecular complexity index is 658. The van der Waals surface area contributed by atoms with Gasteiger partial charge in [-0.3, -0.25) is 4.90 Å². The summed E-state index contributed by atoms with van der Waals surface area (Å²) in [6.07, 6.45) is -0.527. The van der Waals surface area contributed by atoms with Crippen LogP contribution in [0.15, 0.2) is 53.0 Å². The molecule has 4 nitrogen and oxygen atoms in total. The van der Waals surface area contributed by atoms with E-state index in [2.05, 4.69) is 25.7 Å². The summed E-state index contributed by atoms with van der Waals surface area (Å²) in [5.74, 6) is 0.541. The van der Waals surface area contributed by atoms with Gasteiger partial charge in [0.2, 0.25) is 0 Å². The maximum Gasteiger partial charge on any atom is 0.123 e. The molecule has 0 unspecified atom stereocenters. The Morgan fingerprint density at radius 1 is 1.00 bits per heavy atom. The van der Waals surface area contributed by atoms with Crippen LogP contribution in [0, 0.1) is 5.82 Å². The molecule has 0 saturated carbocycles. The van der Waals surface area contributed by atoms with E-state index < -0.39 is 6.10 Å². The van der Waals surface area contributed by atoms with Gasteiger partial charge in [0, 0.05) is 42.9 Å². The molecule has 1 heterocycles. The van der Waals surface area contributed by atoms with Gasteiger partial charge >= 0.3 is 0 Å². The molecular weight excluding hydrogens is 387 g/mol. The number of aliphatic hydroxyl groups is 1. The van der Waals surface area contributed by atoms with Crippen LogP contribution in [0.3, 0.4) is 0 Å². The predicted octanol–water partition coefficient (Wildman–Crippen LogP) is 3.15. The quantitative estimate of drug-likeness (QED) is 0.796. The molecule has 0 aliphatic carbocycles. The van der Waals surface area contributed by atoms with Crippen LogP contribution in [-0.4, -0.2) is 55.4 Å². The first-order valence-electron chi connectivity index (χ1n) is 8.39. The number of benzene rings is 2. The molecule has 3 rings (SSSR count). The summed E-state index contributed by atoms with van der Waals surface area (Å²) in [5, 5.41) is 10.2. The Morgan fingerprint density at radius 2 is 1.64 bits per heavy atom. The molecule has 134 valence electrons. The molecule has 6 heteroatoms. The summed E-state index contributed by atoms with van der Waals surface area (Å²) < 4.78 is 19.6. The molecule has 1 aliphatic heterocycles. The van der Waals surface area contributed by atoms with Gasteiger partial charge in [0.25, 0.3) is 0 Å². The van der Waals surface area contributed by atoms with Crippen LogP contribution in [0.5, 0.6) is 5.75 Å². The average molecular weight is 409 g/mol. The van der Waals surface area contributed by atoms with Gasteiger partial charge in [0.1, 0.15) is 24.3 Å². The minimum absolute atomic E-state index is 0.212. The fraction of sp³-hybridized carbons (Fsp3) is 0.368. The Hall–Kier alpha value is -1.63. The zero-order valence-electron chi connectivity index (χ0n) is 13.9. The summed E-state index contributed by atoms with van der Waals surface area (Å²) in [6.45, 7) is 4.34. The van der Waals surface area contributed by atoms with Gasteiger partial charge in [-0.15, -0.1) is 0 Å². The van der Waals surface area contributed by atoms with E-state index in [1.165, 1.54) is 12.1 Å². The number of piperazine rings is 1. The molecule has 0 radical (unpaired) electrons. The van der Waals surface area contributed by atoms with Crippen LogP contribution in [0.25, 0.3) is 0 Å². The topological polar surface area (TPSA) is 35.9 Å². The third-order valence-corrected chi connectivity index (χ3v) is 4.82.